The molecule has 0 aromatic carbocycles. The molecule has 2 heteroatoms. The van der Waals surface area contributed by atoms with Crippen molar-refractivity contribution in [3.05, 3.63) is 0 Å². The number of fused-ring (bicyclic) bond motifs is 2. The van der Waals surface area contributed by atoms with Crippen molar-refractivity contribution in [2.24, 2.45) is 17.8 Å². The molecule has 0 amide bonds. The first-order valence-corrected chi connectivity index (χ1v) is 7.39. The van der Waals surface area contributed by atoms with Gasteiger partial charge in [0.1, 0.15) is 0 Å². The molecular formula is C13H24BrN. The number of rotatable bonds is 5. The van der Waals surface area contributed by atoms with E-state index in [0.717, 1.165) is 17.8 Å². The van der Waals surface area contributed by atoms with Gasteiger partial charge in [0.15, 0.2) is 0 Å². The number of nitrogens with zero attached hydrogens (tertiary/aromatic N) is 1. The van der Waals surface area contributed by atoms with Crippen LogP contribution in [0.3, 0.4) is 0 Å². The van der Waals surface area contributed by atoms with Gasteiger partial charge < -0.3 is 4.90 Å². The summed E-state index contributed by atoms with van der Waals surface area (Å²) >= 11 is 3.62. The van der Waals surface area contributed by atoms with Crippen LogP contribution in [-0.4, -0.2) is 29.9 Å². The van der Waals surface area contributed by atoms with Gasteiger partial charge in [0.2, 0.25) is 0 Å². The van der Waals surface area contributed by atoms with Gasteiger partial charge in [-0.1, -0.05) is 29.3 Å². The Morgan fingerprint density at radius 3 is 2.67 bits per heavy atom. The fourth-order valence-corrected chi connectivity index (χ4v) is 3.69. The maximum Gasteiger partial charge on any atom is 0.0129 e. The molecule has 0 spiro atoms. The smallest absolute Gasteiger partial charge is 0.0129 e. The summed E-state index contributed by atoms with van der Waals surface area (Å²) in [5.41, 5.74) is 0. The number of hydrogen-bond acceptors (Lipinski definition) is 1. The molecule has 0 aliphatic heterocycles. The summed E-state index contributed by atoms with van der Waals surface area (Å²) in [6.45, 7) is 4.84. The zero-order valence-electron chi connectivity index (χ0n) is 10.1. The van der Waals surface area contributed by atoms with Gasteiger partial charge in [-0.05, 0) is 57.0 Å². The zero-order valence-corrected chi connectivity index (χ0v) is 11.7. The van der Waals surface area contributed by atoms with E-state index in [0.29, 0.717) is 4.83 Å². The molecule has 15 heavy (non-hydrogen) atoms. The summed E-state index contributed by atoms with van der Waals surface area (Å²) < 4.78 is 0. The van der Waals surface area contributed by atoms with E-state index in [1.165, 1.54) is 38.8 Å². The van der Waals surface area contributed by atoms with Crippen molar-refractivity contribution >= 4 is 15.9 Å². The predicted molar refractivity (Wildman–Crippen MR) is 69.4 cm³/mol. The SMILES string of the molecule is CC(Br)CCN(C)CC1CC2CCC1C2. The molecule has 2 fully saturated rings. The number of hydrogen-bond donors (Lipinski definition) is 0. The van der Waals surface area contributed by atoms with E-state index < -0.39 is 0 Å². The minimum Gasteiger partial charge on any atom is -0.306 e. The van der Waals surface area contributed by atoms with Crippen LogP contribution in [0.15, 0.2) is 0 Å². The Morgan fingerprint density at radius 2 is 2.13 bits per heavy atom. The van der Waals surface area contributed by atoms with E-state index in [4.69, 9.17) is 0 Å². The molecule has 2 aliphatic rings. The van der Waals surface area contributed by atoms with E-state index in [1.54, 1.807) is 6.42 Å². The number of alkyl halides is 1. The van der Waals surface area contributed by atoms with Crippen LogP contribution in [0.25, 0.3) is 0 Å². The average Bonchev–Trinajstić information content (AvgIpc) is 2.76. The standard InChI is InChI=1S/C13H24BrN/c1-10(14)5-6-15(2)9-13-8-11-3-4-12(13)7-11/h10-13H,3-9H2,1-2H3. The summed E-state index contributed by atoms with van der Waals surface area (Å²) in [7, 11) is 2.29. The molecule has 2 saturated carbocycles. The Hall–Kier alpha value is 0.440. The lowest BCUT2D eigenvalue weighted by molar-refractivity contribution is 0.218. The van der Waals surface area contributed by atoms with Gasteiger partial charge in [-0.15, -0.1) is 0 Å². The van der Waals surface area contributed by atoms with E-state index >= 15 is 0 Å². The third-order valence-electron chi connectivity index (χ3n) is 4.34. The van der Waals surface area contributed by atoms with Gasteiger partial charge in [0.05, 0.1) is 0 Å². The summed E-state index contributed by atoms with van der Waals surface area (Å²) in [5.74, 6) is 3.21. The fourth-order valence-electron chi connectivity index (χ4n) is 3.49. The highest BCUT2D eigenvalue weighted by Gasteiger charge is 2.39. The van der Waals surface area contributed by atoms with Crippen molar-refractivity contribution in [1.29, 1.82) is 0 Å². The largest absolute Gasteiger partial charge is 0.306 e. The first-order chi connectivity index (χ1) is 7.15. The lowest BCUT2D eigenvalue weighted by atomic mass is 9.88. The third kappa shape index (κ3) is 3.20. The van der Waals surface area contributed by atoms with Crippen molar-refractivity contribution in [1.82, 2.24) is 4.90 Å². The first kappa shape index (κ1) is 11.9. The van der Waals surface area contributed by atoms with Crippen LogP contribution in [0.1, 0.15) is 39.0 Å². The monoisotopic (exact) mass is 273 g/mol. The van der Waals surface area contributed by atoms with Crippen molar-refractivity contribution in [2.75, 3.05) is 20.1 Å². The Balaban J connectivity index is 1.68. The van der Waals surface area contributed by atoms with Gasteiger partial charge in [-0.25, -0.2) is 0 Å². The lowest BCUT2D eigenvalue weighted by Crippen LogP contribution is -2.30. The van der Waals surface area contributed by atoms with Gasteiger partial charge in [-0.3, -0.25) is 0 Å². The van der Waals surface area contributed by atoms with E-state index in [2.05, 4.69) is 34.8 Å². The molecule has 0 aromatic rings. The quantitative estimate of drug-likeness (QED) is 0.693. The van der Waals surface area contributed by atoms with Crippen LogP contribution in [0.2, 0.25) is 0 Å². The van der Waals surface area contributed by atoms with Crippen molar-refractivity contribution in [2.45, 2.75) is 43.9 Å². The second-order valence-electron chi connectivity index (χ2n) is 5.77. The molecule has 1 nitrogen and oxygen atoms in total. The van der Waals surface area contributed by atoms with Gasteiger partial charge in [0.25, 0.3) is 0 Å². The van der Waals surface area contributed by atoms with Crippen LogP contribution in [-0.2, 0) is 0 Å². The predicted octanol–water partition coefficient (Wildman–Crippen LogP) is 3.53. The Labute approximate surface area is 103 Å². The molecular weight excluding hydrogens is 250 g/mol. The minimum absolute atomic E-state index is 0.667. The third-order valence-corrected chi connectivity index (χ3v) is 4.80. The minimum atomic E-state index is 0.667. The molecule has 0 aromatic heterocycles. The topological polar surface area (TPSA) is 3.24 Å². The van der Waals surface area contributed by atoms with Gasteiger partial charge >= 0.3 is 0 Å². The van der Waals surface area contributed by atoms with Crippen LogP contribution in [0, 0.1) is 17.8 Å². The normalized spacial score (nSPS) is 36.4. The number of halogens is 1. The Kier molecular flexibility index (Phi) is 4.11. The van der Waals surface area contributed by atoms with Crippen molar-refractivity contribution in [3.63, 3.8) is 0 Å². The molecule has 0 heterocycles. The molecule has 0 radical (unpaired) electrons. The highest BCUT2D eigenvalue weighted by atomic mass is 79.9. The Morgan fingerprint density at radius 1 is 1.33 bits per heavy atom. The van der Waals surface area contributed by atoms with Crippen molar-refractivity contribution in [3.8, 4) is 0 Å². The molecule has 4 atom stereocenters. The molecule has 0 N–H and O–H groups in total. The molecule has 2 bridgehead atoms. The Bertz CT molecular complexity index is 205. The van der Waals surface area contributed by atoms with E-state index in [9.17, 15) is 0 Å². The summed E-state index contributed by atoms with van der Waals surface area (Å²) in [5, 5.41) is 0. The maximum absolute atomic E-state index is 3.62. The molecule has 88 valence electrons. The fraction of sp³-hybridized carbons (Fsp3) is 1.00. The summed E-state index contributed by atoms with van der Waals surface area (Å²) in [4.78, 5) is 3.21. The molecule has 4 unspecified atom stereocenters. The second-order valence-corrected chi connectivity index (χ2v) is 7.33. The average molecular weight is 274 g/mol. The maximum atomic E-state index is 3.62. The molecule has 0 saturated heterocycles. The van der Waals surface area contributed by atoms with Crippen molar-refractivity contribution < 1.29 is 0 Å². The van der Waals surface area contributed by atoms with E-state index in [-0.39, 0.29) is 0 Å². The zero-order chi connectivity index (χ0) is 10.8. The summed E-state index contributed by atoms with van der Waals surface area (Å²) in [6, 6.07) is 0. The van der Waals surface area contributed by atoms with E-state index in [1.807, 2.05) is 0 Å². The lowest BCUT2D eigenvalue weighted by Gasteiger charge is -2.27. The highest BCUT2D eigenvalue weighted by molar-refractivity contribution is 9.09. The van der Waals surface area contributed by atoms with Crippen LogP contribution in [0.4, 0.5) is 0 Å². The van der Waals surface area contributed by atoms with Crippen LogP contribution in [0.5, 0.6) is 0 Å². The first-order valence-electron chi connectivity index (χ1n) is 6.47. The second kappa shape index (κ2) is 5.18. The van der Waals surface area contributed by atoms with Gasteiger partial charge in [-0.2, -0.15) is 0 Å². The van der Waals surface area contributed by atoms with Crippen LogP contribution >= 0.6 is 15.9 Å². The van der Waals surface area contributed by atoms with Crippen LogP contribution < -0.4 is 0 Å². The highest BCUT2D eigenvalue weighted by Crippen LogP contribution is 2.48. The molecule has 2 rings (SSSR count). The van der Waals surface area contributed by atoms with Gasteiger partial charge in [0, 0.05) is 11.4 Å². The summed E-state index contributed by atoms with van der Waals surface area (Å²) in [6.07, 6.45) is 7.41. The molecule has 2 aliphatic carbocycles.